The second-order valence-corrected chi connectivity index (χ2v) is 14.1. The first-order chi connectivity index (χ1) is 24.1. The summed E-state index contributed by atoms with van der Waals surface area (Å²) in [5.41, 5.74) is 4.42. The van der Waals surface area contributed by atoms with Crippen molar-refractivity contribution in [2.75, 3.05) is 13.7 Å². The average molecular weight is 748 g/mol. The number of halogens is 3. The minimum absolute atomic E-state index is 0.134. The zero-order valence-electron chi connectivity index (χ0n) is 27.7. The SMILES string of the molecule is CCOC(=O)C1=C(c2ccccc2)N=c2s/c(=C\c3cc(Cl)c(OCc4ccc(Cl)cc4Cl)c(OC)c3)c(=O)n2[C@H]1c1ccc(C(C)C)cc1. The number of hydrogen-bond donors (Lipinski definition) is 0. The molecule has 1 aromatic heterocycles. The lowest BCUT2D eigenvalue weighted by Gasteiger charge is -2.26. The molecule has 6 rings (SSSR count). The Morgan fingerprint density at radius 2 is 1.72 bits per heavy atom. The summed E-state index contributed by atoms with van der Waals surface area (Å²) >= 11 is 20.3. The van der Waals surface area contributed by atoms with Gasteiger partial charge >= 0.3 is 5.97 Å². The molecule has 50 heavy (non-hydrogen) atoms. The van der Waals surface area contributed by atoms with Gasteiger partial charge in [-0.15, -0.1) is 0 Å². The zero-order chi connectivity index (χ0) is 35.5. The number of aromatic nitrogens is 1. The summed E-state index contributed by atoms with van der Waals surface area (Å²) in [5, 5.41) is 1.27. The molecule has 0 amide bonds. The Kier molecular flexibility index (Phi) is 10.8. The summed E-state index contributed by atoms with van der Waals surface area (Å²) in [5.74, 6) is 0.479. The van der Waals surface area contributed by atoms with Gasteiger partial charge in [-0.2, -0.15) is 0 Å². The third-order valence-corrected chi connectivity index (χ3v) is 10.1. The van der Waals surface area contributed by atoms with E-state index in [2.05, 4.69) is 13.8 Å². The van der Waals surface area contributed by atoms with Gasteiger partial charge in [-0.3, -0.25) is 9.36 Å². The van der Waals surface area contributed by atoms with Gasteiger partial charge < -0.3 is 14.2 Å². The summed E-state index contributed by atoms with van der Waals surface area (Å²) < 4.78 is 19.2. The van der Waals surface area contributed by atoms with Crippen LogP contribution < -0.4 is 24.4 Å². The molecule has 5 aromatic rings. The Labute approximate surface area is 308 Å². The van der Waals surface area contributed by atoms with Gasteiger partial charge in [0, 0.05) is 21.2 Å². The van der Waals surface area contributed by atoms with Gasteiger partial charge in [0.25, 0.3) is 5.56 Å². The molecule has 0 fully saturated rings. The lowest BCUT2D eigenvalue weighted by molar-refractivity contribution is -0.138. The molecule has 2 heterocycles. The Hall–Kier alpha value is -4.34. The fourth-order valence-corrected chi connectivity index (χ4v) is 7.46. The number of carbonyl (C=O) groups excluding carboxylic acids is 1. The van der Waals surface area contributed by atoms with Crippen LogP contribution in [0.25, 0.3) is 11.8 Å². The lowest BCUT2D eigenvalue weighted by atomic mass is 9.91. The number of methoxy groups -OCH3 is 1. The highest BCUT2D eigenvalue weighted by atomic mass is 35.5. The summed E-state index contributed by atoms with van der Waals surface area (Å²) in [6.07, 6.45) is 1.73. The second kappa shape index (κ2) is 15.3. The number of thiazole rings is 1. The first kappa shape index (κ1) is 35.5. The maximum atomic E-state index is 14.4. The first-order valence-electron chi connectivity index (χ1n) is 15.9. The van der Waals surface area contributed by atoms with Crippen LogP contribution in [-0.2, 0) is 16.1 Å². The highest BCUT2D eigenvalue weighted by Crippen LogP contribution is 2.38. The van der Waals surface area contributed by atoms with Crippen molar-refractivity contribution >= 4 is 63.9 Å². The Balaban J connectivity index is 1.49. The molecule has 11 heteroatoms. The first-order valence-corrected chi connectivity index (χ1v) is 17.9. The Morgan fingerprint density at radius 3 is 2.38 bits per heavy atom. The maximum absolute atomic E-state index is 14.4. The van der Waals surface area contributed by atoms with Gasteiger partial charge in [-0.05, 0) is 59.9 Å². The summed E-state index contributed by atoms with van der Waals surface area (Å²) in [7, 11) is 1.51. The molecule has 0 saturated heterocycles. The van der Waals surface area contributed by atoms with E-state index in [4.69, 9.17) is 54.0 Å². The monoisotopic (exact) mass is 746 g/mol. The zero-order valence-corrected chi connectivity index (χ0v) is 30.8. The normalized spacial score (nSPS) is 14.4. The van der Waals surface area contributed by atoms with Crippen LogP contribution >= 0.6 is 46.1 Å². The number of rotatable bonds is 10. The van der Waals surface area contributed by atoms with Crippen molar-refractivity contribution in [3.05, 3.63) is 153 Å². The van der Waals surface area contributed by atoms with Crippen LogP contribution in [-0.4, -0.2) is 24.3 Å². The number of carbonyl (C=O) groups is 1. The van der Waals surface area contributed by atoms with E-state index in [1.54, 1.807) is 47.9 Å². The molecular formula is C39H33Cl3N2O5S. The molecule has 1 aliphatic heterocycles. The fraction of sp³-hybridized carbons (Fsp3) is 0.205. The van der Waals surface area contributed by atoms with Crippen LogP contribution in [0.5, 0.6) is 11.5 Å². The number of ether oxygens (including phenoxy) is 3. The summed E-state index contributed by atoms with van der Waals surface area (Å²) in [6, 6.07) is 25.2. The van der Waals surface area contributed by atoms with Crippen molar-refractivity contribution in [2.45, 2.75) is 39.3 Å². The quantitative estimate of drug-likeness (QED) is 0.134. The second-order valence-electron chi connectivity index (χ2n) is 11.8. The van der Waals surface area contributed by atoms with Crippen molar-refractivity contribution in [1.29, 1.82) is 0 Å². The van der Waals surface area contributed by atoms with Gasteiger partial charge in [0.1, 0.15) is 6.61 Å². The minimum Gasteiger partial charge on any atom is -0.493 e. The van der Waals surface area contributed by atoms with Crippen LogP contribution in [0.3, 0.4) is 0 Å². The molecule has 0 radical (unpaired) electrons. The molecule has 7 nitrogen and oxygen atoms in total. The highest BCUT2D eigenvalue weighted by Gasteiger charge is 2.35. The van der Waals surface area contributed by atoms with Gasteiger partial charge in [0.15, 0.2) is 16.3 Å². The predicted octanol–water partition coefficient (Wildman–Crippen LogP) is 8.61. The largest absolute Gasteiger partial charge is 0.493 e. The average Bonchev–Trinajstić information content (AvgIpc) is 3.41. The van der Waals surface area contributed by atoms with E-state index in [9.17, 15) is 9.59 Å². The van der Waals surface area contributed by atoms with E-state index in [1.807, 2.05) is 54.6 Å². The number of hydrogen-bond acceptors (Lipinski definition) is 7. The van der Waals surface area contributed by atoms with Gasteiger partial charge in [0.2, 0.25) is 0 Å². The minimum atomic E-state index is -0.780. The standard InChI is InChI=1S/C39H33Cl3N2O5S/c1-5-48-38(46)33-34(25-9-7-6-8-10-25)43-39-44(35(33)26-13-11-24(12-14-26)22(2)3)37(45)32(50-39)19-23-17-30(42)36(31(18-23)47-4)49-21-27-15-16-28(40)20-29(27)41/h6-20,22,35H,5,21H2,1-4H3/b32-19-/t35-/m0/s1. The van der Waals surface area contributed by atoms with E-state index in [0.717, 1.165) is 22.3 Å². The van der Waals surface area contributed by atoms with Crippen molar-refractivity contribution in [3.63, 3.8) is 0 Å². The van der Waals surface area contributed by atoms with Gasteiger partial charge in [0.05, 0.1) is 40.6 Å². The van der Waals surface area contributed by atoms with Crippen LogP contribution in [0, 0.1) is 0 Å². The molecule has 256 valence electrons. The number of esters is 1. The third kappa shape index (κ3) is 7.25. The molecule has 0 saturated carbocycles. The Bertz CT molecular complexity index is 2280. The number of nitrogens with zero attached hydrogens (tertiary/aromatic N) is 2. The number of benzene rings is 4. The predicted molar refractivity (Wildman–Crippen MR) is 200 cm³/mol. The molecule has 1 aliphatic rings. The van der Waals surface area contributed by atoms with E-state index >= 15 is 0 Å². The maximum Gasteiger partial charge on any atom is 0.338 e. The molecule has 0 bridgehead atoms. The van der Waals surface area contributed by atoms with Gasteiger partial charge in [-0.1, -0.05) is 121 Å². The molecule has 0 N–H and O–H groups in total. The molecule has 1 atom stereocenters. The van der Waals surface area contributed by atoms with Crippen molar-refractivity contribution in [2.24, 2.45) is 4.99 Å². The van der Waals surface area contributed by atoms with Crippen molar-refractivity contribution < 1.29 is 19.0 Å². The smallest absolute Gasteiger partial charge is 0.338 e. The van der Waals surface area contributed by atoms with Crippen LogP contribution in [0.1, 0.15) is 60.5 Å². The van der Waals surface area contributed by atoms with E-state index < -0.39 is 12.0 Å². The van der Waals surface area contributed by atoms with E-state index in [0.29, 0.717) is 53.6 Å². The molecule has 0 unspecified atom stereocenters. The molecule has 0 aliphatic carbocycles. The van der Waals surface area contributed by atoms with E-state index in [1.165, 1.54) is 18.4 Å². The highest BCUT2D eigenvalue weighted by molar-refractivity contribution is 7.07. The van der Waals surface area contributed by atoms with Crippen LogP contribution in [0.2, 0.25) is 15.1 Å². The molecule has 4 aromatic carbocycles. The molecular weight excluding hydrogens is 715 g/mol. The fourth-order valence-electron chi connectivity index (χ4n) is 5.72. The van der Waals surface area contributed by atoms with Gasteiger partial charge in [-0.25, -0.2) is 9.79 Å². The summed E-state index contributed by atoms with van der Waals surface area (Å²) in [4.78, 5) is 33.5. The van der Waals surface area contributed by atoms with Crippen LogP contribution in [0.15, 0.2) is 100 Å². The van der Waals surface area contributed by atoms with E-state index in [-0.39, 0.29) is 23.8 Å². The summed E-state index contributed by atoms with van der Waals surface area (Å²) in [6.45, 7) is 6.29. The number of fused-ring (bicyclic) bond motifs is 1. The lowest BCUT2D eigenvalue weighted by Crippen LogP contribution is -2.40. The van der Waals surface area contributed by atoms with Crippen LogP contribution in [0.4, 0.5) is 0 Å². The Morgan fingerprint density at radius 1 is 0.980 bits per heavy atom. The topological polar surface area (TPSA) is 79.1 Å². The third-order valence-electron chi connectivity index (χ3n) is 8.23. The molecule has 0 spiro atoms. The van der Waals surface area contributed by atoms with Crippen molar-refractivity contribution in [1.82, 2.24) is 4.57 Å². The van der Waals surface area contributed by atoms with Crippen molar-refractivity contribution in [3.8, 4) is 11.5 Å².